The number of carbonyl (C=O) groups is 2. The Kier molecular flexibility index (Phi) is 7.73. The van der Waals surface area contributed by atoms with Gasteiger partial charge >= 0.3 is 12.0 Å². The minimum atomic E-state index is -0.390. The summed E-state index contributed by atoms with van der Waals surface area (Å²) in [4.78, 5) is 25.8. The van der Waals surface area contributed by atoms with E-state index in [1.165, 1.54) is 32.9 Å². The lowest BCUT2D eigenvalue weighted by Crippen LogP contribution is -2.38. The molecule has 2 rings (SSSR count). The molecular formula is C19H29N3O3. The van der Waals surface area contributed by atoms with Crippen molar-refractivity contribution in [2.24, 2.45) is 0 Å². The zero-order valence-electron chi connectivity index (χ0n) is 15.2. The number of nitrogens with zero attached hydrogens (tertiary/aromatic N) is 1. The largest absolute Gasteiger partial charge is 0.465 e. The molecule has 0 spiro atoms. The van der Waals surface area contributed by atoms with Crippen molar-refractivity contribution in [1.29, 1.82) is 0 Å². The van der Waals surface area contributed by atoms with E-state index in [4.69, 9.17) is 0 Å². The Balaban J connectivity index is 1.61. The van der Waals surface area contributed by atoms with Crippen molar-refractivity contribution < 1.29 is 14.3 Å². The Hall–Kier alpha value is -2.08. The van der Waals surface area contributed by atoms with E-state index in [1.54, 1.807) is 24.3 Å². The number of hydrogen-bond acceptors (Lipinski definition) is 4. The molecule has 0 unspecified atom stereocenters. The smallest absolute Gasteiger partial charge is 0.337 e. The number of methoxy groups -OCH3 is 1. The van der Waals surface area contributed by atoms with E-state index >= 15 is 0 Å². The van der Waals surface area contributed by atoms with E-state index < -0.39 is 0 Å². The first kappa shape index (κ1) is 19.2. The maximum Gasteiger partial charge on any atom is 0.337 e. The molecule has 1 aliphatic heterocycles. The van der Waals surface area contributed by atoms with Crippen molar-refractivity contribution in [3.63, 3.8) is 0 Å². The number of amides is 2. The molecule has 1 aliphatic rings. The first-order valence-corrected chi connectivity index (χ1v) is 9.07. The number of unbranched alkanes of at least 4 members (excludes halogenated alkanes) is 1. The molecule has 138 valence electrons. The Morgan fingerprint density at radius 3 is 2.64 bits per heavy atom. The zero-order chi connectivity index (χ0) is 18.1. The summed E-state index contributed by atoms with van der Waals surface area (Å²) in [7, 11) is 1.34. The molecule has 6 nitrogen and oxygen atoms in total. The highest BCUT2D eigenvalue weighted by Crippen LogP contribution is 2.16. The van der Waals surface area contributed by atoms with E-state index in [-0.39, 0.29) is 12.0 Å². The van der Waals surface area contributed by atoms with Crippen molar-refractivity contribution >= 4 is 17.7 Å². The predicted octanol–water partition coefficient (Wildman–Crippen LogP) is 3.25. The van der Waals surface area contributed by atoms with Crippen LogP contribution in [0.1, 0.15) is 49.4 Å². The average Bonchev–Trinajstić information content (AvgIpc) is 2.63. The van der Waals surface area contributed by atoms with Gasteiger partial charge in [-0.25, -0.2) is 9.59 Å². The van der Waals surface area contributed by atoms with Crippen LogP contribution in [0.25, 0.3) is 0 Å². The Morgan fingerprint density at radius 2 is 1.96 bits per heavy atom. The van der Waals surface area contributed by atoms with Crippen LogP contribution >= 0.6 is 0 Å². The quantitative estimate of drug-likeness (QED) is 0.587. The van der Waals surface area contributed by atoms with Crippen molar-refractivity contribution in [2.75, 3.05) is 32.1 Å². The number of carbonyl (C=O) groups excluding carboxylic acids is 2. The van der Waals surface area contributed by atoms with E-state index in [9.17, 15) is 9.59 Å². The monoisotopic (exact) mass is 347 g/mol. The van der Waals surface area contributed by atoms with Gasteiger partial charge in [0.1, 0.15) is 0 Å². The van der Waals surface area contributed by atoms with E-state index in [0.717, 1.165) is 19.4 Å². The molecule has 1 aromatic carbocycles. The Labute approximate surface area is 149 Å². The highest BCUT2D eigenvalue weighted by molar-refractivity contribution is 5.92. The van der Waals surface area contributed by atoms with Gasteiger partial charge in [-0.2, -0.15) is 0 Å². The molecule has 1 atom stereocenters. The van der Waals surface area contributed by atoms with Crippen LogP contribution < -0.4 is 10.6 Å². The number of anilines is 1. The number of rotatable bonds is 7. The standard InChI is InChI=1S/C19H29N3O3/c1-15-7-3-5-13-22(15)14-6-4-12-20-19(24)21-17-10-8-16(9-11-17)18(23)25-2/h8-11,15H,3-7,12-14H2,1-2H3,(H2,20,21,24)/t15-/m1/s1. The van der Waals surface area contributed by atoms with Crippen LogP contribution in [-0.2, 0) is 4.74 Å². The molecule has 0 bridgehead atoms. The summed E-state index contributed by atoms with van der Waals surface area (Å²) in [5, 5.41) is 5.63. The van der Waals surface area contributed by atoms with E-state index in [0.29, 0.717) is 23.8 Å². The summed E-state index contributed by atoms with van der Waals surface area (Å²) >= 11 is 0. The molecule has 0 aromatic heterocycles. The minimum Gasteiger partial charge on any atom is -0.465 e. The van der Waals surface area contributed by atoms with Gasteiger partial charge in [-0.1, -0.05) is 6.42 Å². The molecule has 25 heavy (non-hydrogen) atoms. The number of urea groups is 1. The molecule has 0 radical (unpaired) electrons. The maximum atomic E-state index is 11.9. The summed E-state index contributed by atoms with van der Waals surface area (Å²) in [5.41, 5.74) is 1.10. The van der Waals surface area contributed by atoms with E-state index in [2.05, 4.69) is 27.2 Å². The third-order valence-corrected chi connectivity index (χ3v) is 4.66. The molecule has 2 amide bonds. The van der Waals surface area contributed by atoms with E-state index in [1.807, 2.05) is 0 Å². The molecular weight excluding hydrogens is 318 g/mol. The second-order valence-corrected chi connectivity index (χ2v) is 6.54. The van der Waals surface area contributed by atoms with Gasteiger partial charge in [0.15, 0.2) is 0 Å². The predicted molar refractivity (Wildman–Crippen MR) is 98.9 cm³/mol. The van der Waals surface area contributed by atoms with Gasteiger partial charge in [-0.05, 0) is 70.0 Å². The number of nitrogens with one attached hydrogen (secondary N) is 2. The van der Waals surface area contributed by atoms with Gasteiger partial charge in [-0.15, -0.1) is 0 Å². The van der Waals surface area contributed by atoms with Crippen molar-refractivity contribution in [3.8, 4) is 0 Å². The molecule has 2 N–H and O–H groups in total. The highest BCUT2D eigenvalue weighted by atomic mass is 16.5. The molecule has 6 heteroatoms. The van der Waals surface area contributed by atoms with Crippen LogP contribution in [-0.4, -0.2) is 49.7 Å². The molecule has 0 aliphatic carbocycles. The van der Waals surface area contributed by atoms with Crippen molar-refractivity contribution in [1.82, 2.24) is 10.2 Å². The second-order valence-electron chi connectivity index (χ2n) is 6.54. The lowest BCUT2D eigenvalue weighted by molar-refractivity contribution is 0.0600. The summed E-state index contributed by atoms with van der Waals surface area (Å²) in [5.74, 6) is -0.390. The summed E-state index contributed by atoms with van der Waals surface area (Å²) in [6, 6.07) is 7.09. The number of benzene rings is 1. The maximum absolute atomic E-state index is 11.9. The minimum absolute atomic E-state index is 0.225. The SMILES string of the molecule is COC(=O)c1ccc(NC(=O)NCCCCN2CCCC[C@H]2C)cc1. The van der Waals surface area contributed by atoms with Crippen molar-refractivity contribution in [2.45, 2.75) is 45.1 Å². The fourth-order valence-electron chi connectivity index (χ4n) is 3.11. The summed E-state index contributed by atoms with van der Waals surface area (Å²) < 4.78 is 4.64. The Morgan fingerprint density at radius 1 is 1.20 bits per heavy atom. The second kappa shape index (κ2) is 10.0. The normalized spacial score (nSPS) is 17.8. The number of piperidine rings is 1. The number of ether oxygens (including phenoxy) is 1. The fraction of sp³-hybridized carbons (Fsp3) is 0.579. The van der Waals surface area contributed by atoms with Crippen LogP contribution in [0.5, 0.6) is 0 Å². The van der Waals surface area contributed by atoms with Gasteiger partial charge in [0.05, 0.1) is 12.7 Å². The van der Waals surface area contributed by atoms with Crippen LogP contribution in [0.3, 0.4) is 0 Å². The molecule has 1 saturated heterocycles. The molecule has 1 heterocycles. The number of likely N-dealkylation sites (tertiary alicyclic amines) is 1. The fourth-order valence-corrected chi connectivity index (χ4v) is 3.11. The first-order valence-electron chi connectivity index (χ1n) is 9.07. The molecule has 1 aromatic rings. The van der Waals surface area contributed by atoms with Crippen LogP contribution in [0.4, 0.5) is 10.5 Å². The first-order chi connectivity index (χ1) is 12.1. The van der Waals surface area contributed by atoms with Crippen LogP contribution in [0.15, 0.2) is 24.3 Å². The third kappa shape index (κ3) is 6.38. The van der Waals surface area contributed by atoms with Crippen LogP contribution in [0, 0.1) is 0 Å². The van der Waals surface area contributed by atoms with Gasteiger partial charge in [0.2, 0.25) is 0 Å². The van der Waals surface area contributed by atoms with Gasteiger partial charge in [-0.3, -0.25) is 0 Å². The lowest BCUT2D eigenvalue weighted by Gasteiger charge is -2.33. The number of esters is 1. The molecule has 1 fully saturated rings. The topological polar surface area (TPSA) is 70.7 Å². The van der Waals surface area contributed by atoms with Gasteiger partial charge in [0.25, 0.3) is 0 Å². The molecule has 0 saturated carbocycles. The van der Waals surface area contributed by atoms with Crippen molar-refractivity contribution in [3.05, 3.63) is 29.8 Å². The summed E-state index contributed by atoms with van der Waals surface area (Å²) in [6.45, 7) is 5.28. The van der Waals surface area contributed by atoms with Gasteiger partial charge in [0, 0.05) is 18.3 Å². The highest BCUT2D eigenvalue weighted by Gasteiger charge is 2.17. The zero-order valence-corrected chi connectivity index (χ0v) is 15.2. The van der Waals surface area contributed by atoms with Crippen LogP contribution in [0.2, 0.25) is 0 Å². The lowest BCUT2D eigenvalue weighted by atomic mass is 10.0. The average molecular weight is 347 g/mol. The third-order valence-electron chi connectivity index (χ3n) is 4.66. The number of hydrogen-bond donors (Lipinski definition) is 2. The van der Waals surface area contributed by atoms with Gasteiger partial charge < -0.3 is 20.3 Å². The summed E-state index contributed by atoms with van der Waals surface area (Å²) in [6.07, 6.45) is 6.02. The Bertz CT molecular complexity index is 560.